The van der Waals surface area contributed by atoms with Gasteiger partial charge in [0.15, 0.2) is 0 Å². The highest BCUT2D eigenvalue weighted by atomic mass is 35.5. The Labute approximate surface area is 152 Å². The summed E-state index contributed by atoms with van der Waals surface area (Å²) in [6, 6.07) is 10.7. The summed E-state index contributed by atoms with van der Waals surface area (Å²) in [5.74, 6) is 1.35. The van der Waals surface area contributed by atoms with E-state index in [-0.39, 0.29) is 23.7 Å². The molecule has 3 nitrogen and oxygen atoms in total. The summed E-state index contributed by atoms with van der Waals surface area (Å²) < 4.78 is 0. The lowest BCUT2D eigenvalue weighted by Crippen LogP contribution is -2.46. The fourth-order valence-electron chi connectivity index (χ4n) is 4.13. The summed E-state index contributed by atoms with van der Waals surface area (Å²) in [6.07, 6.45) is 6.83. The molecule has 1 aromatic rings. The first-order chi connectivity index (χ1) is 11.2. The molecule has 1 saturated carbocycles. The topological polar surface area (TPSA) is 41.1 Å². The van der Waals surface area contributed by atoms with Crippen LogP contribution in [0.1, 0.15) is 51.0 Å². The molecule has 1 aliphatic heterocycles. The first-order valence-corrected chi connectivity index (χ1v) is 9.23. The lowest BCUT2D eigenvalue weighted by Gasteiger charge is -2.42. The van der Waals surface area contributed by atoms with Crippen molar-refractivity contribution >= 4 is 18.3 Å². The van der Waals surface area contributed by atoms with Crippen molar-refractivity contribution in [2.75, 3.05) is 19.6 Å². The Morgan fingerprint density at radius 2 is 2.04 bits per heavy atom. The van der Waals surface area contributed by atoms with Gasteiger partial charge < -0.3 is 10.6 Å². The molecule has 2 atom stereocenters. The number of halogens is 1. The zero-order chi connectivity index (χ0) is 16.1. The van der Waals surface area contributed by atoms with Crippen LogP contribution in [0.25, 0.3) is 0 Å². The SMILES string of the molecule is CC(CC(=O)NCC1(c2ccccc2)CCC1)C1CCCNC1.Cl. The molecule has 1 aliphatic carbocycles. The smallest absolute Gasteiger partial charge is 0.220 e. The van der Waals surface area contributed by atoms with Crippen molar-refractivity contribution in [3.05, 3.63) is 35.9 Å². The van der Waals surface area contributed by atoms with Gasteiger partial charge in [-0.1, -0.05) is 43.7 Å². The minimum Gasteiger partial charge on any atom is -0.355 e. The number of hydrogen-bond donors (Lipinski definition) is 2. The average molecular weight is 351 g/mol. The Morgan fingerprint density at radius 3 is 2.62 bits per heavy atom. The molecule has 1 amide bonds. The van der Waals surface area contributed by atoms with E-state index >= 15 is 0 Å². The first-order valence-electron chi connectivity index (χ1n) is 9.23. The second kappa shape index (κ2) is 8.87. The predicted molar refractivity (Wildman–Crippen MR) is 102 cm³/mol. The van der Waals surface area contributed by atoms with Gasteiger partial charge in [-0.25, -0.2) is 0 Å². The van der Waals surface area contributed by atoms with Crippen molar-refractivity contribution < 1.29 is 4.79 Å². The van der Waals surface area contributed by atoms with Crippen molar-refractivity contribution in [3.63, 3.8) is 0 Å². The van der Waals surface area contributed by atoms with Crippen molar-refractivity contribution in [3.8, 4) is 0 Å². The summed E-state index contributed by atoms with van der Waals surface area (Å²) in [5.41, 5.74) is 1.57. The van der Waals surface area contributed by atoms with E-state index in [4.69, 9.17) is 0 Å². The lowest BCUT2D eigenvalue weighted by molar-refractivity contribution is -0.122. The molecule has 2 N–H and O–H groups in total. The highest BCUT2D eigenvalue weighted by Crippen LogP contribution is 2.43. The van der Waals surface area contributed by atoms with E-state index < -0.39 is 0 Å². The third-order valence-corrected chi connectivity index (χ3v) is 5.97. The number of piperidine rings is 1. The van der Waals surface area contributed by atoms with Gasteiger partial charge in [-0.3, -0.25) is 4.79 Å². The number of amides is 1. The van der Waals surface area contributed by atoms with Crippen LogP contribution in [0.2, 0.25) is 0 Å². The molecule has 134 valence electrons. The van der Waals surface area contributed by atoms with Crippen LogP contribution < -0.4 is 10.6 Å². The van der Waals surface area contributed by atoms with E-state index in [9.17, 15) is 4.79 Å². The lowest BCUT2D eigenvalue weighted by atomic mass is 9.64. The van der Waals surface area contributed by atoms with Crippen LogP contribution in [-0.4, -0.2) is 25.5 Å². The van der Waals surface area contributed by atoms with E-state index in [1.807, 2.05) is 0 Å². The molecule has 0 radical (unpaired) electrons. The van der Waals surface area contributed by atoms with Gasteiger partial charge in [-0.2, -0.15) is 0 Å². The summed E-state index contributed by atoms with van der Waals surface area (Å²) in [4.78, 5) is 12.4. The molecule has 1 saturated heterocycles. The first kappa shape index (κ1) is 19.3. The zero-order valence-corrected chi connectivity index (χ0v) is 15.5. The van der Waals surface area contributed by atoms with Crippen LogP contribution in [0.15, 0.2) is 30.3 Å². The van der Waals surface area contributed by atoms with Gasteiger partial charge in [0.1, 0.15) is 0 Å². The van der Waals surface area contributed by atoms with E-state index in [2.05, 4.69) is 47.9 Å². The Kier molecular flexibility index (Phi) is 7.12. The molecule has 0 bridgehead atoms. The van der Waals surface area contributed by atoms with Crippen molar-refractivity contribution in [1.29, 1.82) is 0 Å². The molecule has 2 unspecified atom stereocenters. The average Bonchev–Trinajstić information content (AvgIpc) is 2.55. The maximum Gasteiger partial charge on any atom is 0.220 e. The second-order valence-electron chi connectivity index (χ2n) is 7.56. The minimum absolute atomic E-state index is 0. The van der Waals surface area contributed by atoms with E-state index in [1.54, 1.807) is 0 Å². The molecule has 0 spiro atoms. The largest absolute Gasteiger partial charge is 0.355 e. The summed E-state index contributed by atoms with van der Waals surface area (Å²) in [5, 5.41) is 6.69. The normalized spacial score (nSPS) is 23.5. The third kappa shape index (κ3) is 4.52. The molecule has 0 aromatic heterocycles. The Hall–Kier alpha value is -1.06. The molecule has 1 heterocycles. The summed E-state index contributed by atoms with van der Waals surface area (Å²) in [7, 11) is 0. The van der Waals surface area contributed by atoms with Crippen molar-refractivity contribution in [1.82, 2.24) is 10.6 Å². The van der Waals surface area contributed by atoms with Crippen LogP contribution in [-0.2, 0) is 10.2 Å². The van der Waals surface area contributed by atoms with Crippen LogP contribution in [0, 0.1) is 11.8 Å². The van der Waals surface area contributed by atoms with Crippen molar-refractivity contribution in [2.45, 2.75) is 50.9 Å². The number of hydrogen-bond acceptors (Lipinski definition) is 2. The summed E-state index contributed by atoms with van der Waals surface area (Å²) in [6.45, 7) is 5.23. The third-order valence-electron chi connectivity index (χ3n) is 5.97. The number of benzene rings is 1. The second-order valence-corrected chi connectivity index (χ2v) is 7.56. The zero-order valence-electron chi connectivity index (χ0n) is 14.7. The van der Waals surface area contributed by atoms with Gasteiger partial charge in [-0.15, -0.1) is 12.4 Å². The molecular formula is C20H31ClN2O. The van der Waals surface area contributed by atoms with E-state index in [0.29, 0.717) is 18.3 Å². The van der Waals surface area contributed by atoms with Crippen LogP contribution in [0.4, 0.5) is 0 Å². The Bertz CT molecular complexity index is 510. The monoisotopic (exact) mass is 350 g/mol. The van der Waals surface area contributed by atoms with Gasteiger partial charge in [0.2, 0.25) is 5.91 Å². The van der Waals surface area contributed by atoms with Gasteiger partial charge in [0, 0.05) is 18.4 Å². The molecular weight excluding hydrogens is 320 g/mol. The molecule has 4 heteroatoms. The van der Waals surface area contributed by atoms with Gasteiger partial charge in [0.25, 0.3) is 0 Å². The van der Waals surface area contributed by atoms with Crippen LogP contribution >= 0.6 is 12.4 Å². The van der Waals surface area contributed by atoms with Crippen molar-refractivity contribution in [2.24, 2.45) is 11.8 Å². The maximum absolute atomic E-state index is 12.4. The Balaban J connectivity index is 0.00000208. The van der Waals surface area contributed by atoms with Crippen LogP contribution in [0.5, 0.6) is 0 Å². The Morgan fingerprint density at radius 1 is 1.29 bits per heavy atom. The number of nitrogens with one attached hydrogen (secondary N) is 2. The fourth-order valence-corrected chi connectivity index (χ4v) is 4.13. The van der Waals surface area contributed by atoms with E-state index in [0.717, 1.165) is 19.6 Å². The predicted octanol–water partition coefficient (Wildman–Crippen LogP) is 3.67. The fraction of sp³-hybridized carbons (Fsp3) is 0.650. The number of carbonyl (C=O) groups is 1. The minimum atomic E-state index is 0. The molecule has 3 rings (SSSR count). The molecule has 24 heavy (non-hydrogen) atoms. The van der Waals surface area contributed by atoms with Gasteiger partial charge in [0.05, 0.1) is 0 Å². The molecule has 2 aliphatic rings. The van der Waals surface area contributed by atoms with E-state index in [1.165, 1.54) is 37.7 Å². The van der Waals surface area contributed by atoms with Gasteiger partial charge >= 0.3 is 0 Å². The molecule has 1 aromatic carbocycles. The standard InChI is InChI=1S/C20H30N2O.ClH/c1-16(17-7-5-12-21-14-17)13-19(23)22-15-20(10-6-11-20)18-8-3-2-4-9-18;/h2-4,8-9,16-17,21H,5-7,10-15H2,1H3,(H,22,23);1H. The quantitative estimate of drug-likeness (QED) is 0.821. The van der Waals surface area contributed by atoms with Gasteiger partial charge in [-0.05, 0) is 56.2 Å². The highest BCUT2D eigenvalue weighted by Gasteiger charge is 2.38. The summed E-state index contributed by atoms with van der Waals surface area (Å²) >= 11 is 0. The maximum atomic E-state index is 12.4. The van der Waals surface area contributed by atoms with Crippen LogP contribution in [0.3, 0.4) is 0 Å². The number of rotatable bonds is 6. The number of carbonyl (C=O) groups excluding carboxylic acids is 1. The highest BCUT2D eigenvalue weighted by molar-refractivity contribution is 5.85. The molecule has 2 fully saturated rings.